The van der Waals surface area contributed by atoms with E-state index in [1.807, 2.05) is 12.1 Å². The van der Waals surface area contributed by atoms with Gasteiger partial charge in [-0.15, -0.1) is 0 Å². The number of carbonyl (C=O) groups excluding carboxylic acids is 2. The first kappa shape index (κ1) is 23.0. The molecule has 10 heteroatoms. The van der Waals surface area contributed by atoms with Crippen molar-refractivity contribution in [3.05, 3.63) is 90.5 Å². The van der Waals surface area contributed by atoms with Crippen LogP contribution in [-0.4, -0.2) is 41.2 Å². The van der Waals surface area contributed by atoms with E-state index in [1.54, 1.807) is 48.5 Å². The predicted octanol–water partition coefficient (Wildman–Crippen LogP) is 2.49. The number of ether oxygens (including phenoxy) is 2. The lowest BCUT2D eigenvalue weighted by Crippen LogP contribution is -2.43. The molecule has 2 aromatic carbocycles. The van der Waals surface area contributed by atoms with E-state index < -0.39 is 33.9 Å². The highest BCUT2D eigenvalue weighted by Gasteiger charge is 2.26. The maximum absolute atomic E-state index is 12.6. The molecule has 1 N–H and O–H groups in total. The van der Waals surface area contributed by atoms with Crippen LogP contribution in [0.1, 0.15) is 17.5 Å². The van der Waals surface area contributed by atoms with Gasteiger partial charge in [-0.05, 0) is 17.5 Å². The van der Waals surface area contributed by atoms with Gasteiger partial charge in [-0.1, -0.05) is 60.7 Å². The number of imidazole rings is 1. The largest absolute Gasteiger partial charge is 0.459 e. The number of carbonyl (C=O) groups is 2. The van der Waals surface area contributed by atoms with Crippen molar-refractivity contribution in [2.75, 3.05) is 5.75 Å². The average molecular weight is 458 g/mol. The molecule has 1 unspecified atom stereocenters. The quantitative estimate of drug-likeness (QED) is 0.465. The first-order valence-electron chi connectivity index (χ1n) is 9.83. The van der Waals surface area contributed by atoms with Crippen molar-refractivity contribution in [1.82, 2.24) is 14.3 Å². The second-order valence-corrected chi connectivity index (χ2v) is 8.84. The van der Waals surface area contributed by atoms with Crippen molar-refractivity contribution in [3.63, 3.8) is 0 Å². The molecule has 0 spiro atoms. The van der Waals surface area contributed by atoms with Crippen molar-refractivity contribution in [2.45, 2.75) is 25.7 Å². The number of benzene rings is 2. The molecule has 0 saturated heterocycles. The zero-order valence-corrected chi connectivity index (χ0v) is 18.0. The molecule has 32 heavy (non-hydrogen) atoms. The van der Waals surface area contributed by atoms with E-state index in [0.717, 1.165) is 21.4 Å². The SMILES string of the molecule is O=C(NC(CCS(=O)(=O)n1ccnc1)C(=O)OCc1ccccc1)OCc1ccccc1. The number of amides is 1. The number of rotatable bonds is 10. The molecule has 0 saturated carbocycles. The number of nitrogens with zero attached hydrogens (tertiary/aromatic N) is 2. The van der Waals surface area contributed by atoms with Gasteiger partial charge in [0.25, 0.3) is 0 Å². The monoisotopic (exact) mass is 457 g/mol. The van der Waals surface area contributed by atoms with Crippen molar-refractivity contribution in [1.29, 1.82) is 0 Å². The second-order valence-electron chi connectivity index (χ2n) is 6.85. The molecule has 0 aliphatic rings. The van der Waals surface area contributed by atoms with Gasteiger partial charge in [0.15, 0.2) is 0 Å². The van der Waals surface area contributed by atoms with Crippen LogP contribution in [-0.2, 0) is 37.5 Å². The summed E-state index contributed by atoms with van der Waals surface area (Å²) in [6, 6.07) is 16.8. The number of aromatic nitrogens is 2. The number of alkyl carbamates (subject to hydrolysis) is 1. The van der Waals surface area contributed by atoms with Crippen molar-refractivity contribution >= 4 is 22.1 Å². The van der Waals surface area contributed by atoms with Crippen LogP contribution in [0.4, 0.5) is 4.79 Å². The van der Waals surface area contributed by atoms with E-state index in [2.05, 4.69) is 10.3 Å². The molecule has 0 aliphatic heterocycles. The van der Waals surface area contributed by atoms with Gasteiger partial charge in [0.05, 0.1) is 5.75 Å². The van der Waals surface area contributed by atoms with E-state index in [4.69, 9.17) is 9.47 Å². The van der Waals surface area contributed by atoms with E-state index >= 15 is 0 Å². The Kier molecular flexibility index (Phi) is 7.98. The second kappa shape index (κ2) is 11.1. The molecular formula is C22H23N3O6S. The Bertz CT molecular complexity index is 1100. The van der Waals surface area contributed by atoms with Crippen molar-refractivity contribution in [3.8, 4) is 0 Å². The van der Waals surface area contributed by atoms with Crippen LogP contribution in [0.25, 0.3) is 0 Å². The Morgan fingerprint density at radius 2 is 1.53 bits per heavy atom. The lowest BCUT2D eigenvalue weighted by molar-refractivity contribution is -0.147. The predicted molar refractivity (Wildman–Crippen MR) is 116 cm³/mol. The maximum atomic E-state index is 12.6. The van der Waals surface area contributed by atoms with Gasteiger partial charge in [0.1, 0.15) is 25.6 Å². The summed E-state index contributed by atoms with van der Waals surface area (Å²) >= 11 is 0. The highest BCUT2D eigenvalue weighted by atomic mass is 32.2. The zero-order chi connectivity index (χ0) is 22.8. The Labute approximate surface area is 186 Å². The molecule has 9 nitrogen and oxygen atoms in total. The fraction of sp³-hybridized carbons (Fsp3) is 0.227. The summed E-state index contributed by atoms with van der Waals surface area (Å²) in [4.78, 5) is 28.6. The highest BCUT2D eigenvalue weighted by molar-refractivity contribution is 7.89. The third-order valence-corrected chi connectivity index (χ3v) is 6.09. The van der Waals surface area contributed by atoms with Crippen LogP contribution in [0.15, 0.2) is 79.4 Å². The van der Waals surface area contributed by atoms with E-state index in [-0.39, 0.29) is 19.6 Å². The van der Waals surface area contributed by atoms with Crippen LogP contribution in [0.2, 0.25) is 0 Å². The summed E-state index contributed by atoms with van der Waals surface area (Å²) in [5.41, 5.74) is 1.53. The van der Waals surface area contributed by atoms with Gasteiger partial charge in [-0.25, -0.2) is 27.0 Å². The number of esters is 1. The minimum absolute atomic E-state index is 0.00575. The van der Waals surface area contributed by atoms with E-state index in [0.29, 0.717) is 0 Å². The topological polar surface area (TPSA) is 117 Å². The summed E-state index contributed by atoms with van der Waals surface area (Å²) in [5.74, 6) is -1.17. The number of hydrogen-bond donors (Lipinski definition) is 1. The van der Waals surface area contributed by atoms with E-state index in [1.165, 1.54) is 12.4 Å². The summed E-state index contributed by atoms with van der Waals surface area (Å²) in [7, 11) is -3.75. The van der Waals surface area contributed by atoms with Gasteiger partial charge in [-0.2, -0.15) is 0 Å². The molecule has 1 aromatic heterocycles. The third kappa shape index (κ3) is 6.95. The number of nitrogens with one attached hydrogen (secondary N) is 1. The molecule has 0 bridgehead atoms. The van der Waals surface area contributed by atoms with Crippen LogP contribution in [0.3, 0.4) is 0 Å². The molecule has 168 valence electrons. The minimum atomic E-state index is -3.75. The highest BCUT2D eigenvalue weighted by Crippen LogP contribution is 2.08. The average Bonchev–Trinajstić information content (AvgIpc) is 3.36. The Morgan fingerprint density at radius 1 is 0.938 bits per heavy atom. The first-order valence-corrected chi connectivity index (χ1v) is 11.4. The zero-order valence-electron chi connectivity index (χ0n) is 17.2. The van der Waals surface area contributed by atoms with E-state index in [9.17, 15) is 18.0 Å². The van der Waals surface area contributed by atoms with Crippen LogP contribution < -0.4 is 5.32 Å². The molecule has 0 aliphatic carbocycles. The molecular weight excluding hydrogens is 434 g/mol. The summed E-state index contributed by atoms with van der Waals surface area (Å²) in [6.45, 7) is -0.00300. The molecule has 1 atom stereocenters. The Morgan fingerprint density at radius 3 is 2.09 bits per heavy atom. The molecule has 0 fully saturated rings. The molecule has 3 aromatic rings. The maximum Gasteiger partial charge on any atom is 0.408 e. The minimum Gasteiger partial charge on any atom is -0.459 e. The van der Waals surface area contributed by atoms with Crippen LogP contribution in [0, 0.1) is 0 Å². The Balaban J connectivity index is 1.62. The van der Waals surface area contributed by atoms with Gasteiger partial charge in [0.2, 0.25) is 10.0 Å². The normalized spacial score (nSPS) is 12.0. The molecule has 1 heterocycles. The fourth-order valence-electron chi connectivity index (χ4n) is 2.77. The van der Waals surface area contributed by atoms with Gasteiger partial charge in [-0.3, -0.25) is 0 Å². The van der Waals surface area contributed by atoms with Gasteiger partial charge >= 0.3 is 12.1 Å². The van der Waals surface area contributed by atoms with Crippen LogP contribution in [0.5, 0.6) is 0 Å². The third-order valence-electron chi connectivity index (χ3n) is 4.48. The molecule has 0 radical (unpaired) electrons. The lowest BCUT2D eigenvalue weighted by atomic mass is 10.2. The van der Waals surface area contributed by atoms with Crippen molar-refractivity contribution < 1.29 is 27.5 Å². The first-order chi connectivity index (χ1) is 15.4. The standard InChI is InChI=1S/C22H23N3O6S/c26-21(30-15-18-7-3-1-4-8-18)20(11-14-32(28,29)25-13-12-23-17-25)24-22(27)31-16-19-9-5-2-6-10-19/h1-10,12-13,17,20H,11,14-16H2,(H,24,27). The van der Waals surface area contributed by atoms with Crippen LogP contribution >= 0.6 is 0 Å². The summed E-state index contributed by atoms with van der Waals surface area (Å²) in [5, 5.41) is 2.42. The summed E-state index contributed by atoms with van der Waals surface area (Å²) in [6.07, 6.45) is 2.73. The van der Waals surface area contributed by atoms with Gasteiger partial charge in [0, 0.05) is 12.4 Å². The Hall–Kier alpha value is -3.66. The molecule has 3 rings (SSSR count). The summed E-state index contributed by atoms with van der Waals surface area (Å²) < 4.78 is 36.2. The lowest BCUT2D eigenvalue weighted by Gasteiger charge is -2.18. The smallest absolute Gasteiger partial charge is 0.408 e. The number of hydrogen-bond acceptors (Lipinski definition) is 7. The van der Waals surface area contributed by atoms with Crippen molar-refractivity contribution in [2.24, 2.45) is 0 Å². The molecule has 1 amide bonds. The fourth-order valence-corrected chi connectivity index (χ4v) is 3.95. The van der Waals surface area contributed by atoms with Gasteiger partial charge < -0.3 is 14.8 Å².